The van der Waals surface area contributed by atoms with E-state index in [2.05, 4.69) is 51.1 Å². The van der Waals surface area contributed by atoms with Crippen LogP contribution in [-0.2, 0) is 6.54 Å². The van der Waals surface area contributed by atoms with Crippen LogP contribution in [0.1, 0.15) is 18.4 Å². The zero-order valence-electron chi connectivity index (χ0n) is 11.3. The Hall–Kier alpha value is -2.13. The predicted octanol–water partition coefficient (Wildman–Crippen LogP) is 3.25. The van der Waals surface area contributed by atoms with Crippen LogP contribution in [0.3, 0.4) is 0 Å². The van der Waals surface area contributed by atoms with Gasteiger partial charge in [0, 0.05) is 30.5 Å². The predicted molar refractivity (Wildman–Crippen MR) is 80.5 cm³/mol. The van der Waals surface area contributed by atoms with Crippen LogP contribution in [0.15, 0.2) is 54.9 Å². The van der Waals surface area contributed by atoms with Crippen LogP contribution in [0, 0.1) is 0 Å². The molecule has 0 saturated heterocycles. The average molecular weight is 263 g/mol. The molecule has 4 rings (SSSR count). The van der Waals surface area contributed by atoms with Gasteiger partial charge in [-0.05, 0) is 30.5 Å². The summed E-state index contributed by atoms with van der Waals surface area (Å²) in [7, 11) is 0. The number of imidazole rings is 1. The van der Waals surface area contributed by atoms with Gasteiger partial charge in [-0.2, -0.15) is 0 Å². The molecular formula is C17H17N3. The molecule has 1 aliphatic carbocycles. The summed E-state index contributed by atoms with van der Waals surface area (Å²) in [5.74, 6) is 0. The first kappa shape index (κ1) is 11.7. The lowest BCUT2D eigenvalue weighted by Crippen LogP contribution is -2.16. The van der Waals surface area contributed by atoms with E-state index < -0.39 is 0 Å². The Morgan fingerprint density at radius 1 is 1.10 bits per heavy atom. The molecule has 1 aliphatic rings. The van der Waals surface area contributed by atoms with Crippen molar-refractivity contribution in [1.82, 2.24) is 14.7 Å². The third kappa shape index (κ3) is 2.10. The number of nitrogens with one attached hydrogen (secondary N) is 1. The maximum atomic E-state index is 4.37. The van der Waals surface area contributed by atoms with E-state index in [0.717, 1.165) is 18.2 Å². The van der Waals surface area contributed by atoms with Crippen LogP contribution >= 0.6 is 0 Å². The second-order valence-corrected chi connectivity index (χ2v) is 5.38. The van der Waals surface area contributed by atoms with Crippen LogP contribution in [0.2, 0.25) is 0 Å². The van der Waals surface area contributed by atoms with Crippen LogP contribution < -0.4 is 5.32 Å². The molecule has 20 heavy (non-hydrogen) atoms. The third-order valence-electron chi connectivity index (χ3n) is 3.88. The van der Waals surface area contributed by atoms with E-state index in [0.29, 0.717) is 0 Å². The number of nitrogens with zero attached hydrogens (tertiary/aromatic N) is 2. The smallest absolute Gasteiger partial charge is 0.137 e. The first-order chi connectivity index (χ1) is 9.92. The molecule has 0 atom stereocenters. The van der Waals surface area contributed by atoms with Crippen molar-refractivity contribution in [3.05, 3.63) is 60.4 Å². The molecule has 0 spiro atoms. The summed E-state index contributed by atoms with van der Waals surface area (Å²) >= 11 is 0. The molecule has 3 heteroatoms. The molecule has 3 aromatic rings. The van der Waals surface area contributed by atoms with Crippen LogP contribution in [0.25, 0.3) is 16.9 Å². The molecule has 2 aromatic heterocycles. The van der Waals surface area contributed by atoms with Crippen molar-refractivity contribution in [1.29, 1.82) is 0 Å². The second kappa shape index (κ2) is 4.76. The van der Waals surface area contributed by atoms with E-state index >= 15 is 0 Å². The van der Waals surface area contributed by atoms with Gasteiger partial charge in [-0.15, -0.1) is 0 Å². The SMILES string of the molecule is c1ccc(-c2cccc3nccn23)c(CNC2CC2)c1. The molecule has 3 nitrogen and oxygen atoms in total. The largest absolute Gasteiger partial charge is 0.310 e. The van der Waals surface area contributed by atoms with Gasteiger partial charge in [-0.25, -0.2) is 4.98 Å². The van der Waals surface area contributed by atoms with Crippen molar-refractivity contribution in [2.24, 2.45) is 0 Å². The van der Waals surface area contributed by atoms with E-state index in [4.69, 9.17) is 0 Å². The van der Waals surface area contributed by atoms with Crippen LogP contribution in [0.4, 0.5) is 0 Å². The van der Waals surface area contributed by atoms with E-state index in [-0.39, 0.29) is 0 Å². The van der Waals surface area contributed by atoms with Crippen molar-refractivity contribution in [3.8, 4) is 11.3 Å². The Morgan fingerprint density at radius 2 is 2.00 bits per heavy atom. The van der Waals surface area contributed by atoms with E-state index in [1.165, 1.54) is 29.7 Å². The maximum Gasteiger partial charge on any atom is 0.137 e. The quantitative estimate of drug-likeness (QED) is 0.783. The molecule has 0 amide bonds. The summed E-state index contributed by atoms with van der Waals surface area (Å²) in [5, 5.41) is 3.60. The Bertz CT molecular complexity index is 741. The Labute approximate surface area is 118 Å². The fraction of sp³-hybridized carbons (Fsp3) is 0.235. The summed E-state index contributed by atoms with van der Waals surface area (Å²) < 4.78 is 2.15. The van der Waals surface area contributed by atoms with E-state index in [9.17, 15) is 0 Å². The maximum absolute atomic E-state index is 4.37. The molecule has 2 heterocycles. The zero-order valence-corrected chi connectivity index (χ0v) is 11.3. The number of pyridine rings is 1. The number of hydrogen-bond donors (Lipinski definition) is 1. The fourth-order valence-electron chi connectivity index (χ4n) is 2.63. The number of rotatable bonds is 4. The number of hydrogen-bond acceptors (Lipinski definition) is 2. The molecular weight excluding hydrogens is 246 g/mol. The summed E-state index contributed by atoms with van der Waals surface area (Å²) in [6.45, 7) is 0.936. The zero-order chi connectivity index (χ0) is 13.4. The van der Waals surface area contributed by atoms with E-state index in [1.54, 1.807) is 0 Å². The highest BCUT2D eigenvalue weighted by atomic mass is 15.0. The van der Waals surface area contributed by atoms with Crippen molar-refractivity contribution in [3.63, 3.8) is 0 Å². The number of fused-ring (bicyclic) bond motifs is 1. The molecule has 1 fully saturated rings. The van der Waals surface area contributed by atoms with Crippen molar-refractivity contribution in [2.45, 2.75) is 25.4 Å². The lowest BCUT2D eigenvalue weighted by Gasteiger charge is -2.12. The van der Waals surface area contributed by atoms with Gasteiger partial charge in [-0.1, -0.05) is 30.3 Å². The minimum Gasteiger partial charge on any atom is -0.310 e. The highest BCUT2D eigenvalue weighted by Gasteiger charge is 2.20. The number of aromatic nitrogens is 2. The first-order valence-corrected chi connectivity index (χ1v) is 7.15. The van der Waals surface area contributed by atoms with Gasteiger partial charge < -0.3 is 5.32 Å². The van der Waals surface area contributed by atoms with Gasteiger partial charge in [0.15, 0.2) is 0 Å². The lowest BCUT2D eigenvalue weighted by atomic mass is 10.0. The second-order valence-electron chi connectivity index (χ2n) is 5.38. The fourth-order valence-corrected chi connectivity index (χ4v) is 2.63. The van der Waals surface area contributed by atoms with Gasteiger partial charge in [0.1, 0.15) is 5.65 Å². The van der Waals surface area contributed by atoms with Crippen molar-refractivity contribution < 1.29 is 0 Å². The molecule has 0 unspecified atom stereocenters. The molecule has 0 bridgehead atoms. The topological polar surface area (TPSA) is 29.3 Å². The summed E-state index contributed by atoms with van der Waals surface area (Å²) in [6.07, 6.45) is 6.51. The van der Waals surface area contributed by atoms with Crippen LogP contribution in [0.5, 0.6) is 0 Å². The minimum atomic E-state index is 0.729. The highest BCUT2D eigenvalue weighted by molar-refractivity contribution is 5.67. The molecule has 0 radical (unpaired) electrons. The standard InChI is InChI=1S/C17H17N3/c1-2-5-15(13(4-1)12-19-14-8-9-14)16-6-3-7-17-18-10-11-20(16)17/h1-7,10-11,14,19H,8-9,12H2. The monoisotopic (exact) mass is 263 g/mol. The first-order valence-electron chi connectivity index (χ1n) is 7.15. The summed E-state index contributed by atoms with van der Waals surface area (Å²) in [5.41, 5.74) is 4.82. The van der Waals surface area contributed by atoms with Crippen molar-refractivity contribution in [2.75, 3.05) is 0 Å². The Balaban J connectivity index is 1.78. The van der Waals surface area contributed by atoms with E-state index in [1.807, 2.05) is 18.5 Å². The Morgan fingerprint density at radius 3 is 2.90 bits per heavy atom. The lowest BCUT2D eigenvalue weighted by molar-refractivity contribution is 0.688. The summed E-state index contributed by atoms with van der Waals surface area (Å²) in [6, 6.07) is 15.6. The third-order valence-corrected chi connectivity index (χ3v) is 3.88. The molecule has 100 valence electrons. The average Bonchev–Trinajstić information content (AvgIpc) is 3.20. The summed E-state index contributed by atoms with van der Waals surface area (Å²) in [4.78, 5) is 4.37. The van der Waals surface area contributed by atoms with Gasteiger partial charge in [0.25, 0.3) is 0 Å². The van der Waals surface area contributed by atoms with Crippen molar-refractivity contribution >= 4 is 5.65 Å². The molecule has 1 saturated carbocycles. The Kier molecular flexibility index (Phi) is 2.78. The highest BCUT2D eigenvalue weighted by Crippen LogP contribution is 2.26. The number of benzene rings is 1. The van der Waals surface area contributed by atoms with Gasteiger partial charge in [0.2, 0.25) is 0 Å². The normalized spacial score (nSPS) is 14.8. The molecule has 0 aliphatic heterocycles. The van der Waals surface area contributed by atoms with Crippen LogP contribution in [-0.4, -0.2) is 15.4 Å². The molecule has 1 aromatic carbocycles. The van der Waals surface area contributed by atoms with Gasteiger partial charge in [-0.3, -0.25) is 4.40 Å². The van der Waals surface area contributed by atoms with Gasteiger partial charge >= 0.3 is 0 Å². The molecule has 1 N–H and O–H groups in total. The van der Waals surface area contributed by atoms with Gasteiger partial charge in [0.05, 0.1) is 5.69 Å². The minimum absolute atomic E-state index is 0.729.